The zero-order valence-electron chi connectivity index (χ0n) is 8.34. The van der Waals surface area contributed by atoms with Crippen LogP contribution in [-0.4, -0.2) is 33.4 Å². The van der Waals surface area contributed by atoms with Crippen molar-refractivity contribution in [2.45, 2.75) is 19.4 Å². The number of nitrogens with two attached hydrogens (primary N) is 2. The van der Waals surface area contributed by atoms with E-state index in [1.165, 1.54) is 0 Å². The Balaban J connectivity index is 2.23. The number of nitrogen functional groups attached to an aromatic ring is 2. The van der Waals surface area contributed by atoms with Gasteiger partial charge in [-0.05, 0) is 6.92 Å². The summed E-state index contributed by atoms with van der Waals surface area (Å²) in [6, 6.07) is 0. The fraction of sp³-hybridized carbons (Fsp3) is 0.500. The molecule has 15 heavy (non-hydrogen) atoms. The molecule has 1 aliphatic rings. The van der Waals surface area contributed by atoms with Crippen LogP contribution in [0.1, 0.15) is 13.3 Å². The van der Waals surface area contributed by atoms with E-state index >= 15 is 0 Å². The Morgan fingerprint density at radius 2 is 1.93 bits per heavy atom. The Morgan fingerprint density at radius 3 is 2.47 bits per heavy atom. The van der Waals surface area contributed by atoms with E-state index in [4.69, 9.17) is 16.2 Å². The molecule has 4 N–H and O–H groups in total. The molecule has 7 nitrogen and oxygen atoms in total. The van der Waals surface area contributed by atoms with Gasteiger partial charge in [0.25, 0.3) is 5.95 Å². The smallest absolute Gasteiger partial charge is 0.255 e. The zero-order chi connectivity index (χ0) is 10.8. The predicted octanol–water partition coefficient (Wildman–Crippen LogP) is -0.0827. The number of anilines is 2. The van der Waals surface area contributed by atoms with Gasteiger partial charge in [0, 0.05) is 6.42 Å². The first-order chi connectivity index (χ1) is 7.13. The van der Waals surface area contributed by atoms with Crippen molar-refractivity contribution in [3.63, 3.8) is 0 Å². The van der Waals surface area contributed by atoms with Gasteiger partial charge in [-0.1, -0.05) is 0 Å². The lowest BCUT2D eigenvalue weighted by atomic mass is 10.2. The summed E-state index contributed by atoms with van der Waals surface area (Å²) in [4.78, 5) is 15.6. The number of aliphatic imine (C=N–C) groups is 1. The SMILES string of the molecule is CC1CC(=Nc2nc(N)nc(N)n2)CO1. The van der Waals surface area contributed by atoms with E-state index in [1.807, 2.05) is 6.92 Å². The van der Waals surface area contributed by atoms with E-state index in [-0.39, 0.29) is 23.9 Å². The molecule has 2 rings (SSSR count). The van der Waals surface area contributed by atoms with Crippen molar-refractivity contribution < 1.29 is 4.74 Å². The first-order valence-electron chi connectivity index (χ1n) is 4.58. The number of hydrogen-bond donors (Lipinski definition) is 2. The van der Waals surface area contributed by atoms with Crippen LogP contribution in [0.5, 0.6) is 0 Å². The number of hydrogen-bond acceptors (Lipinski definition) is 7. The van der Waals surface area contributed by atoms with Crippen LogP contribution in [0.2, 0.25) is 0 Å². The summed E-state index contributed by atoms with van der Waals surface area (Å²) in [5, 5.41) is 0. The summed E-state index contributed by atoms with van der Waals surface area (Å²) in [5.41, 5.74) is 11.7. The maximum Gasteiger partial charge on any atom is 0.255 e. The normalized spacial score (nSPS) is 23.5. The first-order valence-corrected chi connectivity index (χ1v) is 4.58. The summed E-state index contributed by atoms with van der Waals surface area (Å²) in [6.45, 7) is 2.49. The first kappa shape index (κ1) is 9.78. The molecule has 0 aromatic carbocycles. The molecule has 0 amide bonds. The highest BCUT2D eigenvalue weighted by atomic mass is 16.5. The third-order valence-electron chi connectivity index (χ3n) is 1.97. The zero-order valence-corrected chi connectivity index (χ0v) is 8.34. The molecule has 1 aromatic rings. The number of nitrogens with zero attached hydrogens (tertiary/aromatic N) is 4. The summed E-state index contributed by atoms with van der Waals surface area (Å²) in [6.07, 6.45) is 0.978. The molecule has 80 valence electrons. The molecular weight excluding hydrogens is 196 g/mol. The second kappa shape index (κ2) is 3.77. The van der Waals surface area contributed by atoms with Gasteiger partial charge in [-0.25, -0.2) is 4.99 Å². The van der Waals surface area contributed by atoms with Gasteiger partial charge in [0.05, 0.1) is 18.4 Å². The van der Waals surface area contributed by atoms with Gasteiger partial charge in [-0.3, -0.25) is 0 Å². The van der Waals surface area contributed by atoms with Crippen LogP contribution in [0.15, 0.2) is 4.99 Å². The predicted molar refractivity (Wildman–Crippen MR) is 55.8 cm³/mol. The monoisotopic (exact) mass is 208 g/mol. The number of rotatable bonds is 1. The van der Waals surface area contributed by atoms with Gasteiger partial charge < -0.3 is 16.2 Å². The quantitative estimate of drug-likeness (QED) is 0.667. The molecule has 2 heterocycles. The molecule has 1 atom stereocenters. The molecule has 1 fully saturated rings. The lowest BCUT2D eigenvalue weighted by Gasteiger charge is -1.97. The largest absolute Gasteiger partial charge is 0.372 e. The van der Waals surface area contributed by atoms with Gasteiger partial charge >= 0.3 is 0 Å². The summed E-state index contributed by atoms with van der Waals surface area (Å²) in [5.74, 6) is 0.398. The van der Waals surface area contributed by atoms with Gasteiger partial charge in [0.1, 0.15) is 0 Å². The molecule has 0 saturated carbocycles. The second-order valence-electron chi connectivity index (χ2n) is 3.36. The number of ether oxygens (including phenoxy) is 1. The third-order valence-corrected chi connectivity index (χ3v) is 1.97. The van der Waals surface area contributed by atoms with E-state index < -0.39 is 0 Å². The Bertz CT molecular complexity index is 384. The molecule has 0 aliphatic carbocycles. The Morgan fingerprint density at radius 1 is 1.27 bits per heavy atom. The molecule has 1 aromatic heterocycles. The Kier molecular flexibility index (Phi) is 2.46. The van der Waals surface area contributed by atoms with Crippen molar-refractivity contribution in [2.24, 2.45) is 4.99 Å². The number of aromatic nitrogens is 3. The minimum absolute atomic E-state index is 0.0776. The van der Waals surface area contributed by atoms with E-state index in [1.54, 1.807) is 0 Å². The van der Waals surface area contributed by atoms with E-state index in [0.29, 0.717) is 6.61 Å². The van der Waals surface area contributed by atoms with Crippen molar-refractivity contribution in [2.75, 3.05) is 18.1 Å². The average Bonchev–Trinajstić information content (AvgIpc) is 2.49. The van der Waals surface area contributed by atoms with Crippen molar-refractivity contribution in [3.8, 4) is 0 Å². The molecule has 1 unspecified atom stereocenters. The fourth-order valence-corrected chi connectivity index (χ4v) is 1.35. The summed E-state index contributed by atoms with van der Waals surface area (Å²) in [7, 11) is 0. The van der Waals surface area contributed by atoms with Crippen LogP contribution >= 0.6 is 0 Å². The van der Waals surface area contributed by atoms with Gasteiger partial charge in [-0.2, -0.15) is 15.0 Å². The van der Waals surface area contributed by atoms with Crippen LogP contribution in [0.3, 0.4) is 0 Å². The molecule has 0 radical (unpaired) electrons. The lowest BCUT2D eigenvalue weighted by molar-refractivity contribution is 0.130. The van der Waals surface area contributed by atoms with E-state index in [9.17, 15) is 0 Å². The maximum absolute atomic E-state index is 5.42. The molecule has 1 saturated heterocycles. The van der Waals surface area contributed by atoms with Crippen molar-refractivity contribution in [1.82, 2.24) is 15.0 Å². The van der Waals surface area contributed by atoms with Gasteiger partial charge in [0.15, 0.2) is 0 Å². The van der Waals surface area contributed by atoms with Crippen LogP contribution in [0.4, 0.5) is 17.8 Å². The van der Waals surface area contributed by atoms with Crippen LogP contribution in [-0.2, 0) is 4.74 Å². The highest BCUT2D eigenvalue weighted by molar-refractivity contribution is 5.89. The van der Waals surface area contributed by atoms with Crippen molar-refractivity contribution >= 4 is 23.6 Å². The van der Waals surface area contributed by atoms with Crippen molar-refractivity contribution in [3.05, 3.63) is 0 Å². The second-order valence-corrected chi connectivity index (χ2v) is 3.36. The van der Waals surface area contributed by atoms with Crippen LogP contribution in [0, 0.1) is 0 Å². The van der Waals surface area contributed by atoms with Gasteiger partial charge in [-0.15, -0.1) is 0 Å². The maximum atomic E-state index is 5.42. The third kappa shape index (κ3) is 2.38. The minimum atomic E-state index is 0.0776. The van der Waals surface area contributed by atoms with Crippen molar-refractivity contribution in [1.29, 1.82) is 0 Å². The molecule has 0 bridgehead atoms. The minimum Gasteiger partial charge on any atom is -0.372 e. The van der Waals surface area contributed by atoms with Crippen LogP contribution in [0.25, 0.3) is 0 Å². The molecular formula is C8H12N6O. The Labute approximate surface area is 86.6 Å². The van der Waals surface area contributed by atoms with Crippen LogP contribution < -0.4 is 11.5 Å². The van der Waals surface area contributed by atoms with Gasteiger partial charge in [0.2, 0.25) is 11.9 Å². The molecule has 7 heteroatoms. The fourth-order valence-electron chi connectivity index (χ4n) is 1.35. The molecule has 1 aliphatic heterocycles. The highest BCUT2D eigenvalue weighted by Gasteiger charge is 2.17. The Hall–Kier alpha value is -1.76. The summed E-state index contributed by atoms with van der Waals surface area (Å²) >= 11 is 0. The highest BCUT2D eigenvalue weighted by Crippen LogP contribution is 2.14. The standard InChI is InChI=1S/C8H12N6O/c1-4-2-5(3-15-4)11-8-13-6(9)12-7(10)14-8/h4H,2-3H2,1H3,(H4,9,10,12,13,14). The van der Waals surface area contributed by atoms with E-state index in [0.717, 1.165) is 12.1 Å². The lowest BCUT2D eigenvalue weighted by Crippen LogP contribution is -2.03. The molecule has 0 spiro atoms. The van der Waals surface area contributed by atoms with E-state index in [2.05, 4.69) is 19.9 Å². The topological polar surface area (TPSA) is 112 Å². The summed E-state index contributed by atoms with van der Waals surface area (Å²) < 4.78 is 5.33. The average molecular weight is 208 g/mol.